The molecule has 1 atom stereocenters. The van der Waals surface area contributed by atoms with Crippen LogP contribution < -0.4 is 10.5 Å². The van der Waals surface area contributed by atoms with Crippen LogP contribution in [0.5, 0.6) is 5.75 Å². The zero-order valence-electron chi connectivity index (χ0n) is 11.6. The highest BCUT2D eigenvalue weighted by molar-refractivity contribution is 5.76. The zero-order valence-corrected chi connectivity index (χ0v) is 11.6. The fraction of sp³-hybridized carbons (Fsp3) is 0.533. The molecule has 0 heterocycles. The standard InChI is InChI=1S/C15H22N2O2/c1-11(13-5-6-13)17(10-15(16)18)9-12-3-7-14(19-2)8-4-12/h3-4,7-8,11,13H,5-6,9-10H2,1-2H3,(H2,16,18). The van der Waals surface area contributed by atoms with E-state index in [0.29, 0.717) is 12.6 Å². The maximum absolute atomic E-state index is 11.2. The van der Waals surface area contributed by atoms with E-state index in [1.165, 1.54) is 18.4 Å². The quantitative estimate of drug-likeness (QED) is 0.815. The van der Waals surface area contributed by atoms with Crippen molar-refractivity contribution in [2.45, 2.75) is 32.4 Å². The van der Waals surface area contributed by atoms with Crippen molar-refractivity contribution in [1.82, 2.24) is 4.90 Å². The maximum atomic E-state index is 11.2. The van der Waals surface area contributed by atoms with Gasteiger partial charge in [0.2, 0.25) is 5.91 Å². The minimum absolute atomic E-state index is 0.263. The van der Waals surface area contributed by atoms with Gasteiger partial charge in [-0.2, -0.15) is 0 Å². The van der Waals surface area contributed by atoms with Crippen LogP contribution in [0.1, 0.15) is 25.3 Å². The summed E-state index contributed by atoms with van der Waals surface area (Å²) in [6.45, 7) is 3.26. The van der Waals surface area contributed by atoms with Gasteiger partial charge in [0.15, 0.2) is 0 Å². The normalized spacial score (nSPS) is 16.4. The molecule has 0 spiro atoms. The highest BCUT2D eigenvalue weighted by Gasteiger charge is 2.32. The lowest BCUT2D eigenvalue weighted by Gasteiger charge is -2.28. The summed E-state index contributed by atoms with van der Waals surface area (Å²) in [6.07, 6.45) is 2.53. The Hall–Kier alpha value is -1.55. The Kier molecular flexibility index (Phi) is 4.43. The van der Waals surface area contributed by atoms with E-state index in [4.69, 9.17) is 10.5 Å². The molecule has 4 nitrogen and oxygen atoms in total. The lowest BCUT2D eigenvalue weighted by atomic mass is 10.1. The smallest absolute Gasteiger partial charge is 0.231 e. The molecular weight excluding hydrogens is 240 g/mol. The molecule has 0 radical (unpaired) electrons. The second-order valence-electron chi connectivity index (χ2n) is 5.30. The molecule has 1 amide bonds. The van der Waals surface area contributed by atoms with E-state index in [2.05, 4.69) is 11.8 Å². The van der Waals surface area contributed by atoms with Crippen molar-refractivity contribution in [1.29, 1.82) is 0 Å². The van der Waals surface area contributed by atoms with Crippen LogP contribution in [0.15, 0.2) is 24.3 Å². The first-order valence-corrected chi connectivity index (χ1v) is 6.75. The molecule has 0 aromatic heterocycles. The number of amides is 1. The Balaban J connectivity index is 2.02. The van der Waals surface area contributed by atoms with Crippen LogP contribution in [-0.2, 0) is 11.3 Å². The molecule has 2 N–H and O–H groups in total. The van der Waals surface area contributed by atoms with Crippen LogP contribution in [-0.4, -0.2) is 30.5 Å². The number of methoxy groups -OCH3 is 1. The minimum Gasteiger partial charge on any atom is -0.497 e. The number of carbonyl (C=O) groups is 1. The van der Waals surface area contributed by atoms with E-state index in [0.717, 1.165) is 18.2 Å². The summed E-state index contributed by atoms with van der Waals surface area (Å²) in [4.78, 5) is 13.4. The number of carbonyl (C=O) groups excluding carboxylic acids is 1. The van der Waals surface area contributed by atoms with Crippen LogP contribution in [0.2, 0.25) is 0 Å². The molecule has 0 bridgehead atoms. The van der Waals surface area contributed by atoms with Crippen molar-refractivity contribution in [2.75, 3.05) is 13.7 Å². The number of rotatable bonds is 7. The highest BCUT2D eigenvalue weighted by Crippen LogP contribution is 2.35. The Labute approximate surface area is 114 Å². The number of hydrogen-bond donors (Lipinski definition) is 1. The number of ether oxygens (including phenoxy) is 1. The molecule has 1 fully saturated rings. The second kappa shape index (κ2) is 6.06. The number of nitrogens with two attached hydrogens (primary N) is 1. The first-order chi connectivity index (χ1) is 9.10. The molecule has 1 saturated carbocycles. The van der Waals surface area contributed by atoms with Crippen LogP contribution in [0.4, 0.5) is 0 Å². The average Bonchev–Trinajstić information content (AvgIpc) is 3.22. The Bertz CT molecular complexity index is 426. The summed E-state index contributed by atoms with van der Waals surface area (Å²) in [5.74, 6) is 1.30. The van der Waals surface area contributed by atoms with E-state index in [9.17, 15) is 4.79 Å². The van der Waals surface area contributed by atoms with Gasteiger partial charge in [-0.3, -0.25) is 9.69 Å². The first-order valence-electron chi connectivity index (χ1n) is 6.75. The van der Waals surface area contributed by atoms with Gasteiger partial charge >= 0.3 is 0 Å². The number of hydrogen-bond acceptors (Lipinski definition) is 3. The van der Waals surface area contributed by atoms with Crippen molar-refractivity contribution in [2.24, 2.45) is 11.7 Å². The Morgan fingerprint density at radius 2 is 2.05 bits per heavy atom. The fourth-order valence-corrected chi connectivity index (χ4v) is 2.39. The average molecular weight is 262 g/mol. The minimum atomic E-state index is -0.263. The molecule has 1 aliphatic carbocycles. The Morgan fingerprint density at radius 3 is 2.53 bits per heavy atom. The van der Waals surface area contributed by atoms with Crippen LogP contribution in [0.3, 0.4) is 0 Å². The second-order valence-corrected chi connectivity index (χ2v) is 5.30. The van der Waals surface area contributed by atoms with Gasteiger partial charge in [-0.25, -0.2) is 0 Å². The van der Waals surface area contributed by atoms with E-state index in [1.807, 2.05) is 24.3 Å². The van der Waals surface area contributed by atoms with Crippen LogP contribution >= 0.6 is 0 Å². The van der Waals surface area contributed by atoms with Crippen molar-refractivity contribution < 1.29 is 9.53 Å². The monoisotopic (exact) mass is 262 g/mol. The van der Waals surface area contributed by atoms with Gasteiger partial charge < -0.3 is 10.5 Å². The van der Waals surface area contributed by atoms with E-state index in [-0.39, 0.29) is 5.91 Å². The van der Waals surface area contributed by atoms with Gasteiger partial charge in [0.25, 0.3) is 0 Å². The molecule has 1 aliphatic rings. The van der Waals surface area contributed by atoms with Crippen molar-refractivity contribution in [3.05, 3.63) is 29.8 Å². The summed E-state index contributed by atoms with van der Waals surface area (Å²) in [5, 5.41) is 0. The highest BCUT2D eigenvalue weighted by atomic mass is 16.5. The summed E-state index contributed by atoms with van der Waals surface area (Å²) in [6, 6.07) is 8.37. The SMILES string of the molecule is COc1ccc(CN(CC(N)=O)C(C)C2CC2)cc1. The third-order valence-electron chi connectivity index (χ3n) is 3.78. The number of primary amides is 1. The zero-order chi connectivity index (χ0) is 13.8. The van der Waals surface area contributed by atoms with Gasteiger partial charge in [0.05, 0.1) is 13.7 Å². The summed E-state index contributed by atoms with van der Waals surface area (Å²) >= 11 is 0. The number of benzene rings is 1. The predicted octanol–water partition coefficient (Wildman–Crippen LogP) is 1.78. The lowest BCUT2D eigenvalue weighted by Crippen LogP contribution is -2.40. The van der Waals surface area contributed by atoms with Gasteiger partial charge in [-0.1, -0.05) is 12.1 Å². The molecule has 1 aromatic carbocycles. The molecule has 0 saturated heterocycles. The number of nitrogens with zero attached hydrogens (tertiary/aromatic N) is 1. The molecule has 0 aliphatic heterocycles. The summed E-state index contributed by atoms with van der Waals surface area (Å²) < 4.78 is 5.15. The van der Waals surface area contributed by atoms with Gasteiger partial charge in [-0.05, 0) is 43.4 Å². The molecular formula is C15H22N2O2. The van der Waals surface area contributed by atoms with Crippen LogP contribution in [0.25, 0.3) is 0 Å². The van der Waals surface area contributed by atoms with Crippen molar-refractivity contribution in [3.63, 3.8) is 0 Å². The molecule has 4 heteroatoms. The van der Waals surface area contributed by atoms with E-state index < -0.39 is 0 Å². The Morgan fingerprint density at radius 1 is 1.42 bits per heavy atom. The van der Waals surface area contributed by atoms with Gasteiger partial charge in [-0.15, -0.1) is 0 Å². The summed E-state index contributed by atoms with van der Waals surface area (Å²) in [5.41, 5.74) is 6.53. The largest absolute Gasteiger partial charge is 0.497 e. The molecule has 1 aromatic rings. The van der Waals surface area contributed by atoms with Gasteiger partial charge in [0, 0.05) is 12.6 Å². The molecule has 1 unspecified atom stereocenters. The fourth-order valence-electron chi connectivity index (χ4n) is 2.39. The maximum Gasteiger partial charge on any atom is 0.231 e. The molecule has 19 heavy (non-hydrogen) atoms. The van der Waals surface area contributed by atoms with Crippen LogP contribution in [0, 0.1) is 5.92 Å². The van der Waals surface area contributed by atoms with E-state index >= 15 is 0 Å². The topological polar surface area (TPSA) is 55.6 Å². The van der Waals surface area contributed by atoms with Crippen molar-refractivity contribution >= 4 is 5.91 Å². The third kappa shape index (κ3) is 3.96. The first kappa shape index (κ1) is 13.9. The summed E-state index contributed by atoms with van der Waals surface area (Å²) in [7, 11) is 1.66. The molecule has 2 rings (SSSR count). The molecule has 104 valence electrons. The third-order valence-corrected chi connectivity index (χ3v) is 3.78. The lowest BCUT2D eigenvalue weighted by molar-refractivity contribution is -0.119. The van der Waals surface area contributed by atoms with Crippen molar-refractivity contribution in [3.8, 4) is 5.75 Å². The van der Waals surface area contributed by atoms with E-state index in [1.54, 1.807) is 7.11 Å². The van der Waals surface area contributed by atoms with Gasteiger partial charge in [0.1, 0.15) is 5.75 Å². The predicted molar refractivity (Wildman–Crippen MR) is 74.8 cm³/mol.